The predicted octanol–water partition coefficient (Wildman–Crippen LogP) is 0.388. The van der Waals surface area contributed by atoms with E-state index in [1.807, 2.05) is 13.0 Å². The largest absolute Gasteiger partial charge is 0.391 e. The molecule has 2 heterocycles. The van der Waals surface area contributed by atoms with Crippen molar-refractivity contribution in [1.29, 1.82) is 0 Å². The highest BCUT2D eigenvalue weighted by Crippen LogP contribution is 2.23. The van der Waals surface area contributed by atoms with Gasteiger partial charge in [-0.3, -0.25) is 9.78 Å². The van der Waals surface area contributed by atoms with Crippen LogP contribution in [0.15, 0.2) is 18.3 Å². The number of β-amino-alcohol motifs (C(OH)–C–C–N with tert-alkyl or cyclic N) is 1. The lowest BCUT2D eigenvalue weighted by atomic mass is 9.96. The van der Waals surface area contributed by atoms with Gasteiger partial charge >= 0.3 is 0 Å². The number of carbonyl (C=O) groups is 1. The Balaban J connectivity index is 2.17. The predicted molar refractivity (Wildman–Crippen MR) is 64.8 cm³/mol. The number of anilines is 1. The minimum atomic E-state index is -0.530. The second-order valence-electron chi connectivity index (χ2n) is 4.54. The molecule has 0 spiro atoms. The zero-order valence-corrected chi connectivity index (χ0v) is 9.84. The standard InChI is InChI=1S/C12H17N3O2/c1-8-3-5-15(7-11(8)16)9-2-4-14-10(6-9)12(13)17/h2,4,6,8,11,16H,3,5,7H2,1H3,(H2,13,17). The van der Waals surface area contributed by atoms with Crippen LogP contribution >= 0.6 is 0 Å². The van der Waals surface area contributed by atoms with Gasteiger partial charge in [0.2, 0.25) is 0 Å². The molecular weight excluding hydrogens is 218 g/mol. The molecule has 1 aromatic rings. The third-order valence-electron chi connectivity index (χ3n) is 3.28. The van der Waals surface area contributed by atoms with Crippen LogP contribution in [0, 0.1) is 5.92 Å². The molecule has 92 valence electrons. The third-order valence-corrected chi connectivity index (χ3v) is 3.28. The van der Waals surface area contributed by atoms with E-state index in [0.717, 1.165) is 18.7 Å². The van der Waals surface area contributed by atoms with E-state index in [0.29, 0.717) is 12.5 Å². The van der Waals surface area contributed by atoms with Crippen LogP contribution in [-0.2, 0) is 0 Å². The molecule has 0 saturated carbocycles. The summed E-state index contributed by atoms with van der Waals surface area (Å²) in [7, 11) is 0. The Labute approximate surface area is 100 Å². The number of aliphatic hydroxyl groups excluding tert-OH is 1. The van der Waals surface area contributed by atoms with E-state index in [-0.39, 0.29) is 11.8 Å². The number of aromatic nitrogens is 1. The molecule has 2 atom stereocenters. The highest BCUT2D eigenvalue weighted by molar-refractivity contribution is 5.91. The Morgan fingerprint density at radius 1 is 1.65 bits per heavy atom. The highest BCUT2D eigenvalue weighted by Gasteiger charge is 2.24. The minimum Gasteiger partial charge on any atom is -0.391 e. The Hall–Kier alpha value is -1.62. The van der Waals surface area contributed by atoms with Gasteiger partial charge in [0.1, 0.15) is 5.69 Å². The SMILES string of the molecule is CC1CCN(c2ccnc(C(N)=O)c2)CC1O. The van der Waals surface area contributed by atoms with Gasteiger partial charge in [-0.25, -0.2) is 0 Å². The van der Waals surface area contributed by atoms with Crippen LogP contribution in [0.4, 0.5) is 5.69 Å². The number of primary amides is 1. The van der Waals surface area contributed by atoms with Gasteiger partial charge in [-0.1, -0.05) is 6.92 Å². The summed E-state index contributed by atoms with van der Waals surface area (Å²) in [5.41, 5.74) is 6.34. The first-order valence-corrected chi connectivity index (χ1v) is 5.77. The Kier molecular flexibility index (Phi) is 3.28. The van der Waals surface area contributed by atoms with E-state index < -0.39 is 5.91 Å². The molecular formula is C12H17N3O2. The van der Waals surface area contributed by atoms with Crippen molar-refractivity contribution in [3.05, 3.63) is 24.0 Å². The number of rotatable bonds is 2. The van der Waals surface area contributed by atoms with Crippen molar-refractivity contribution in [2.45, 2.75) is 19.4 Å². The average molecular weight is 235 g/mol. The molecule has 0 aromatic carbocycles. The minimum absolute atomic E-state index is 0.260. The molecule has 0 radical (unpaired) electrons. The van der Waals surface area contributed by atoms with Crippen molar-refractivity contribution in [2.24, 2.45) is 11.7 Å². The summed E-state index contributed by atoms with van der Waals surface area (Å²) in [5, 5.41) is 9.84. The molecule has 1 aliphatic heterocycles. The molecule has 2 rings (SSSR count). The fourth-order valence-electron chi connectivity index (χ4n) is 2.03. The van der Waals surface area contributed by atoms with Crippen LogP contribution in [0.1, 0.15) is 23.8 Å². The summed E-state index contributed by atoms with van der Waals surface area (Å²) in [5.74, 6) is -0.207. The quantitative estimate of drug-likeness (QED) is 0.777. The van der Waals surface area contributed by atoms with Gasteiger partial charge in [0, 0.05) is 25.0 Å². The first-order valence-electron chi connectivity index (χ1n) is 5.77. The van der Waals surface area contributed by atoms with E-state index >= 15 is 0 Å². The molecule has 5 heteroatoms. The summed E-state index contributed by atoms with van der Waals surface area (Å²) in [6.07, 6.45) is 2.18. The van der Waals surface area contributed by atoms with E-state index in [4.69, 9.17) is 5.73 Å². The molecule has 5 nitrogen and oxygen atoms in total. The van der Waals surface area contributed by atoms with E-state index in [1.165, 1.54) is 0 Å². The topological polar surface area (TPSA) is 79.5 Å². The van der Waals surface area contributed by atoms with Crippen LogP contribution in [0.2, 0.25) is 0 Å². The van der Waals surface area contributed by atoms with E-state index in [9.17, 15) is 9.90 Å². The number of piperidine rings is 1. The molecule has 1 aliphatic rings. The van der Waals surface area contributed by atoms with Gasteiger partial charge < -0.3 is 15.7 Å². The maximum Gasteiger partial charge on any atom is 0.267 e. The number of nitrogens with zero attached hydrogens (tertiary/aromatic N) is 2. The van der Waals surface area contributed by atoms with Crippen molar-refractivity contribution in [3.63, 3.8) is 0 Å². The number of amides is 1. The Morgan fingerprint density at radius 2 is 2.41 bits per heavy atom. The van der Waals surface area contributed by atoms with Gasteiger partial charge in [-0.2, -0.15) is 0 Å². The van der Waals surface area contributed by atoms with Crippen molar-refractivity contribution < 1.29 is 9.90 Å². The monoisotopic (exact) mass is 235 g/mol. The van der Waals surface area contributed by atoms with Crippen molar-refractivity contribution in [3.8, 4) is 0 Å². The van der Waals surface area contributed by atoms with Crippen LogP contribution in [0.5, 0.6) is 0 Å². The number of carbonyl (C=O) groups excluding carboxylic acids is 1. The normalized spacial score (nSPS) is 24.7. The maximum atomic E-state index is 11.0. The third kappa shape index (κ3) is 2.55. The second-order valence-corrected chi connectivity index (χ2v) is 4.54. The molecule has 0 aliphatic carbocycles. The maximum absolute atomic E-state index is 11.0. The lowest BCUT2D eigenvalue weighted by molar-refractivity contribution is 0.0995. The van der Waals surface area contributed by atoms with Gasteiger partial charge in [-0.15, -0.1) is 0 Å². The molecule has 1 fully saturated rings. The van der Waals surface area contributed by atoms with Gasteiger partial charge in [0.25, 0.3) is 5.91 Å². The molecule has 1 aromatic heterocycles. The van der Waals surface area contributed by atoms with Crippen LogP contribution < -0.4 is 10.6 Å². The lowest BCUT2D eigenvalue weighted by Crippen LogP contribution is -2.43. The molecule has 0 bridgehead atoms. The summed E-state index contributed by atoms with van der Waals surface area (Å²) in [6.45, 7) is 3.51. The summed E-state index contributed by atoms with van der Waals surface area (Å²) in [6, 6.07) is 3.50. The Morgan fingerprint density at radius 3 is 3.06 bits per heavy atom. The molecule has 17 heavy (non-hydrogen) atoms. The fraction of sp³-hybridized carbons (Fsp3) is 0.500. The van der Waals surface area contributed by atoms with Gasteiger partial charge in [0.15, 0.2) is 0 Å². The summed E-state index contributed by atoms with van der Waals surface area (Å²) < 4.78 is 0. The zero-order valence-electron chi connectivity index (χ0n) is 9.84. The number of aliphatic hydroxyl groups is 1. The number of hydrogen-bond donors (Lipinski definition) is 2. The Bertz CT molecular complexity index is 422. The van der Waals surface area contributed by atoms with Crippen molar-refractivity contribution in [2.75, 3.05) is 18.0 Å². The van der Waals surface area contributed by atoms with Crippen LogP contribution in [-0.4, -0.2) is 35.2 Å². The highest BCUT2D eigenvalue weighted by atomic mass is 16.3. The fourth-order valence-corrected chi connectivity index (χ4v) is 2.03. The van der Waals surface area contributed by atoms with Crippen LogP contribution in [0.25, 0.3) is 0 Å². The summed E-state index contributed by atoms with van der Waals surface area (Å²) in [4.78, 5) is 17.0. The average Bonchev–Trinajstić information content (AvgIpc) is 2.33. The van der Waals surface area contributed by atoms with Crippen molar-refractivity contribution in [1.82, 2.24) is 4.98 Å². The lowest BCUT2D eigenvalue weighted by Gasteiger charge is -2.35. The van der Waals surface area contributed by atoms with E-state index in [2.05, 4.69) is 9.88 Å². The molecule has 2 unspecified atom stereocenters. The smallest absolute Gasteiger partial charge is 0.267 e. The molecule has 1 amide bonds. The van der Waals surface area contributed by atoms with E-state index in [1.54, 1.807) is 12.3 Å². The second kappa shape index (κ2) is 4.71. The van der Waals surface area contributed by atoms with Gasteiger partial charge in [0.05, 0.1) is 6.10 Å². The first kappa shape index (κ1) is 11.9. The first-order chi connectivity index (χ1) is 8.08. The number of hydrogen-bond acceptors (Lipinski definition) is 4. The van der Waals surface area contributed by atoms with Gasteiger partial charge in [-0.05, 0) is 24.5 Å². The molecule has 3 N–H and O–H groups in total. The number of nitrogens with two attached hydrogens (primary N) is 1. The summed E-state index contributed by atoms with van der Waals surface area (Å²) >= 11 is 0. The van der Waals surface area contributed by atoms with Crippen LogP contribution in [0.3, 0.4) is 0 Å². The molecule has 1 saturated heterocycles. The van der Waals surface area contributed by atoms with Crippen molar-refractivity contribution >= 4 is 11.6 Å². The zero-order chi connectivity index (χ0) is 12.4. The number of pyridine rings is 1.